The molecule has 0 atom stereocenters. The van der Waals surface area contributed by atoms with Crippen LogP contribution in [0, 0.1) is 0 Å². The lowest BCUT2D eigenvalue weighted by Crippen LogP contribution is -2.31. The standard InChI is InChI=1S/C25H20O4/c26-21-13-5-1-9-17(21)25(18-10-2-6-14-22(18)27,19-11-3-7-15-23(19)28)20-12-4-8-16-24(20)29/h1-16,26-29H. The first-order chi connectivity index (χ1) is 14.1. The molecule has 144 valence electrons. The molecule has 4 N–H and O–H groups in total. The third-order valence-corrected chi connectivity index (χ3v) is 5.23. The Balaban J connectivity index is 2.28. The largest absolute Gasteiger partial charge is 0.508 e. The number of phenolic OH excluding ortho intramolecular Hbond substituents is 4. The Hall–Kier alpha value is -3.92. The number of rotatable bonds is 4. The second-order valence-electron chi connectivity index (χ2n) is 6.82. The van der Waals surface area contributed by atoms with Crippen LogP contribution < -0.4 is 0 Å². The second kappa shape index (κ2) is 7.24. The van der Waals surface area contributed by atoms with Crippen LogP contribution in [0.3, 0.4) is 0 Å². The number of phenols is 4. The summed E-state index contributed by atoms with van der Waals surface area (Å²) in [5, 5.41) is 43.4. The summed E-state index contributed by atoms with van der Waals surface area (Å²) in [6.45, 7) is 0. The number of hydrogen-bond acceptors (Lipinski definition) is 4. The first-order valence-electron chi connectivity index (χ1n) is 9.20. The van der Waals surface area contributed by atoms with Crippen LogP contribution in [0.25, 0.3) is 0 Å². The van der Waals surface area contributed by atoms with Crippen LogP contribution in [-0.2, 0) is 5.41 Å². The maximum absolute atomic E-state index is 10.9. The molecular formula is C25H20O4. The Labute approximate surface area is 168 Å². The third-order valence-electron chi connectivity index (χ3n) is 5.23. The lowest BCUT2D eigenvalue weighted by Gasteiger charge is -2.37. The molecule has 4 heteroatoms. The van der Waals surface area contributed by atoms with Crippen molar-refractivity contribution in [3.63, 3.8) is 0 Å². The molecule has 0 fully saturated rings. The smallest absolute Gasteiger partial charge is 0.120 e. The Morgan fingerprint density at radius 1 is 0.345 bits per heavy atom. The van der Waals surface area contributed by atoms with Gasteiger partial charge in [-0.2, -0.15) is 0 Å². The minimum atomic E-state index is -1.37. The van der Waals surface area contributed by atoms with Crippen molar-refractivity contribution in [3.05, 3.63) is 119 Å². The van der Waals surface area contributed by atoms with Crippen LogP contribution in [0.4, 0.5) is 0 Å². The van der Waals surface area contributed by atoms with Crippen molar-refractivity contribution in [2.75, 3.05) is 0 Å². The number of hydrogen-bond donors (Lipinski definition) is 4. The van der Waals surface area contributed by atoms with Gasteiger partial charge in [0, 0.05) is 22.3 Å². The summed E-state index contributed by atoms with van der Waals surface area (Å²) in [7, 11) is 0. The van der Waals surface area contributed by atoms with Gasteiger partial charge in [-0.3, -0.25) is 0 Å². The average Bonchev–Trinajstić information content (AvgIpc) is 2.73. The Kier molecular flexibility index (Phi) is 4.61. The summed E-state index contributed by atoms with van der Waals surface area (Å²) < 4.78 is 0. The van der Waals surface area contributed by atoms with Gasteiger partial charge in [-0.1, -0.05) is 72.8 Å². The Morgan fingerprint density at radius 3 is 0.759 bits per heavy atom. The molecule has 0 aromatic heterocycles. The molecule has 0 aliphatic heterocycles. The third kappa shape index (κ3) is 2.86. The molecule has 0 aliphatic rings. The van der Waals surface area contributed by atoms with Crippen molar-refractivity contribution in [1.29, 1.82) is 0 Å². The maximum Gasteiger partial charge on any atom is 0.120 e. The molecule has 0 unspecified atom stereocenters. The summed E-state index contributed by atoms with van der Waals surface area (Å²) in [6.07, 6.45) is 0. The summed E-state index contributed by atoms with van der Waals surface area (Å²) in [5.41, 5.74) is 0.316. The van der Waals surface area contributed by atoms with E-state index in [1.54, 1.807) is 97.1 Å². The van der Waals surface area contributed by atoms with E-state index in [9.17, 15) is 20.4 Å². The molecule has 4 nitrogen and oxygen atoms in total. The number of para-hydroxylation sites is 4. The van der Waals surface area contributed by atoms with Crippen LogP contribution >= 0.6 is 0 Å². The minimum Gasteiger partial charge on any atom is -0.508 e. The molecule has 29 heavy (non-hydrogen) atoms. The SMILES string of the molecule is Oc1ccccc1C(c1ccccc1O)(c1ccccc1O)c1ccccc1O. The van der Waals surface area contributed by atoms with Crippen molar-refractivity contribution < 1.29 is 20.4 Å². The van der Waals surface area contributed by atoms with Crippen LogP contribution in [0.1, 0.15) is 22.3 Å². The van der Waals surface area contributed by atoms with E-state index in [2.05, 4.69) is 0 Å². The molecule has 0 radical (unpaired) electrons. The monoisotopic (exact) mass is 384 g/mol. The lowest BCUT2D eigenvalue weighted by molar-refractivity contribution is 0.424. The van der Waals surface area contributed by atoms with Gasteiger partial charge in [0.1, 0.15) is 23.0 Å². The summed E-state index contributed by atoms with van der Waals surface area (Å²) in [4.78, 5) is 0. The van der Waals surface area contributed by atoms with Gasteiger partial charge in [-0.25, -0.2) is 0 Å². The fraction of sp³-hybridized carbons (Fsp3) is 0.0400. The lowest BCUT2D eigenvalue weighted by atomic mass is 9.64. The predicted octanol–water partition coefficient (Wildman–Crippen LogP) is 4.89. The topological polar surface area (TPSA) is 80.9 Å². The van der Waals surface area contributed by atoms with Gasteiger partial charge in [0.15, 0.2) is 0 Å². The van der Waals surface area contributed by atoms with Crippen molar-refractivity contribution >= 4 is 0 Å². The van der Waals surface area contributed by atoms with E-state index >= 15 is 0 Å². The average molecular weight is 384 g/mol. The van der Waals surface area contributed by atoms with E-state index in [0.29, 0.717) is 22.3 Å². The summed E-state index contributed by atoms with van der Waals surface area (Å²) in [6, 6.07) is 26.9. The Morgan fingerprint density at radius 2 is 0.552 bits per heavy atom. The first kappa shape index (κ1) is 18.4. The molecule has 4 aromatic rings. The first-order valence-corrected chi connectivity index (χ1v) is 9.20. The Bertz CT molecular complexity index is 979. The summed E-state index contributed by atoms with van der Waals surface area (Å²) >= 11 is 0. The fourth-order valence-electron chi connectivity index (χ4n) is 4.03. The highest BCUT2D eigenvalue weighted by Gasteiger charge is 2.45. The van der Waals surface area contributed by atoms with Gasteiger partial charge >= 0.3 is 0 Å². The van der Waals surface area contributed by atoms with Crippen molar-refractivity contribution in [2.45, 2.75) is 5.41 Å². The van der Waals surface area contributed by atoms with Crippen LogP contribution in [0.15, 0.2) is 97.1 Å². The zero-order valence-corrected chi connectivity index (χ0v) is 15.5. The molecule has 0 amide bonds. The fourth-order valence-corrected chi connectivity index (χ4v) is 4.03. The van der Waals surface area contributed by atoms with Gasteiger partial charge in [-0.05, 0) is 24.3 Å². The number of benzene rings is 4. The van der Waals surface area contributed by atoms with Crippen LogP contribution in [-0.4, -0.2) is 20.4 Å². The van der Waals surface area contributed by atoms with Crippen molar-refractivity contribution in [2.24, 2.45) is 0 Å². The molecule has 0 bridgehead atoms. The molecule has 4 rings (SSSR count). The highest BCUT2D eigenvalue weighted by atomic mass is 16.3. The van der Waals surface area contributed by atoms with Gasteiger partial charge in [0.05, 0.1) is 5.41 Å². The highest BCUT2D eigenvalue weighted by molar-refractivity contribution is 5.69. The van der Waals surface area contributed by atoms with Crippen molar-refractivity contribution in [1.82, 2.24) is 0 Å². The van der Waals surface area contributed by atoms with Gasteiger partial charge < -0.3 is 20.4 Å². The van der Waals surface area contributed by atoms with Gasteiger partial charge in [0.25, 0.3) is 0 Å². The molecule has 4 aromatic carbocycles. The predicted molar refractivity (Wildman–Crippen MR) is 111 cm³/mol. The molecule has 0 saturated carbocycles. The zero-order valence-electron chi connectivity index (χ0n) is 15.5. The van der Waals surface area contributed by atoms with Gasteiger partial charge in [-0.15, -0.1) is 0 Å². The van der Waals surface area contributed by atoms with Crippen LogP contribution in [0.5, 0.6) is 23.0 Å². The maximum atomic E-state index is 10.9. The van der Waals surface area contributed by atoms with E-state index < -0.39 is 5.41 Å². The van der Waals surface area contributed by atoms with E-state index in [4.69, 9.17) is 0 Å². The molecular weight excluding hydrogens is 364 g/mol. The van der Waals surface area contributed by atoms with Gasteiger partial charge in [0.2, 0.25) is 0 Å². The van der Waals surface area contributed by atoms with E-state index in [1.807, 2.05) is 0 Å². The highest BCUT2D eigenvalue weighted by Crippen LogP contribution is 2.54. The zero-order chi connectivity index (χ0) is 20.4. The van der Waals surface area contributed by atoms with E-state index in [0.717, 1.165) is 0 Å². The molecule has 0 saturated heterocycles. The molecule has 0 spiro atoms. The normalized spacial score (nSPS) is 11.3. The summed E-state index contributed by atoms with van der Waals surface area (Å²) in [5.74, 6) is -0.103. The molecule has 0 aliphatic carbocycles. The van der Waals surface area contributed by atoms with E-state index in [1.165, 1.54) is 0 Å². The molecule has 0 heterocycles. The quantitative estimate of drug-likeness (QED) is 0.378. The number of aromatic hydroxyl groups is 4. The van der Waals surface area contributed by atoms with Crippen molar-refractivity contribution in [3.8, 4) is 23.0 Å². The van der Waals surface area contributed by atoms with E-state index in [-0.39, 0.29) is 23.0 Å². The van der Waals surface area contributed by atoms with Crippen LogP contribution in [0.2, 0.25) is 0 Å². The minimum absolute atomic E-state index is 0.0257. The second-order valence-corrected chi connectivity index (χ2v) is 6.82.